The molecular formula is C25H22F3N3O3S. The minimum Gasteiger partial charge on any atom is -0.386 e. The van der Waals surface area contributed by atoms with Gasteiger partial charge in [-0.15, -0.1) is 0 Å². The van der Waals surface area contributed by atoms with Crippen molar-refractivity contribution in [2.75, 3.05) is 5.75 Å². The number of hydrogen-bond acceptors (Lipinski definition) is 6. The topological polar surface area (TPSA) is 102 Å². The average molecular weight is 502 g/mol. The smallest absolute Gasteiger partial charge is 0.185 e. The third kappa shape index (κ3) is 4.22. The van der Waals surface area contributed by atoms with Gasteiger partial charge in [0.2, 0.25) is 0 Å². The lowest BCUT2D eigenvalue weighted by Crippen LogP contribution is -2.55. The summed E-state index contributed by atoms with van der Waals surface area (Å²) in [5.41, 5.74) is 4.73. The molecule has 2 N–H and O–H groups in total. The fourth-order valence-electron chi connectivity index (χ4n) is 4.28. The molecule has 4 rings (SSSR count). The van der Waals surface area contributed by atoms with Crippen LogP contribution in [-0.2, 0) is 26.5 Å². The van der Waals surface area contributed by atoms with E-state index in [1.165, 1.54) is 50.2 Å². The monoisotopic (exact) mass is 501 g/mol. The standard InChI is InChI=1S/C25H22F3N3O3S/c1-24(14-35(33,34)25(2,23(29)31-24)17-5-3-4-6-19(17)27)18-11-15(7-9-20(18)28)12-22(32)21-10-8-16(26)13-30-21/h3-11,13H,12,14H2,1-2H3,(H2,29,31)/t24-,25-/m0/s1. The van der Waals surface area contributed by atoms with Crippen molar-refractivity contribution in [3.05, 3.63) is 101 Å². The molecule has 2 atom stereocenters. The van der Waals surface area contributed by atoms with Gasteiger partial charge in [0, 0.05) is 17.5 Å². The van der Waals surface area contributed by atoms with Crippen LogP contribution in [0.25, 0.3) is 0 Å². The Morgan fingerprint density at radius 1 is 1.00 bits per heavy atom. The second-order valence-corrected chi connectivity index (χ2v) is 11.2. The third-order valence-electron chi connectivity index (χ3n) is 6.33. The number of carbonyl (C=O) groups excluding carboxylic acids is 1. The number of nitrogens with two attached hydrogens (primary N) is 1. The number of Topliss-reactive ketones (excluding diaryl/α,β-unsaturated/α-hetero) is 1. The van der Waals surface area contributed by atoms with Gasteiger partial charge in [0.1, 0.15) is 34.5 Å². The number of benzene rings is 2. The number of halogens is 3. The second-order valence-electron chi connectivity index (χ2n) is 8.82. The molecule has 1 aliphatic heterocycles. The summed E-state index contributed by atoms with van der Waals surface area (Å²) in [7, 11) is -4.18. The molecule has 3 aromatic rings. The molecule has 0 amide bonds. The van der Waals surface area contributed by atoms with Gasteiger partial charge in [0.05, 0.1) is 11.9 Å². The predicted molar refractivity (Wildman–Crippen MR) is 125 cm³/mol. The van der Waals surface area contributed by atoms with E-state index in [4.69, 9.17) is 5.73 Å². The maximum absolute atomic E-state index is 15.0. The number of carbonyl (C=O) groups is 1. The first-order valence-corrected chi connectivity index (χ1v) is 12.3. The van der Waals surface area contributed by atoms with Gasteiger partial charge in [-0.25, -0.2) is 21.6 Å². The first-order valence-electron chi connectivity index (χ1n) is 10.6. The Bertz CT molecular complexity index is 1460. The number of amidine groups is 1. The van der Waals surface area contributed by atoms with Crippen molar-refractivity contribution in [3.63, 3.8) is 0 Å². The number of ketones is 1. The number of aromatic nitrogens is 1. The van der Waals surface area contributed by atoms with Crippen LogP contribution in [0.1, 0.15) is 41.0 Å². The molecule has 35 heavy (non-hydrogen) atoms. The van der Waals surface area contributed by atoms with Gasteiger partial charge in [0.25, 0.3) is 0 Å². The zero-order chi connectivity index (χ0) is 25.6. The van der Waals surface area contributed by atoms with Gasteiger partial charge in [0.15, 0.2) is 20.4 Å². The molecule has 0 radical (unpaired) electrons. The summed E-state index contributed by atoms with van der Waals surface area (Å²) in [5.74, 6) is -3.51. The lowest BCUT2D eigenvalue weighted by Gasteiger charge is -2.40. The Balaban J connectivity index is 1.75. The summed E-state index contributed by atoms with van der Waals surface area (Å²) < 4.78 is 67.7. The molecule has 2 aromatic carbocycles. The molecule has 0 bridgehead atoms. The van der Waals surface area contributed by atoms with Crippen LogP contribution in [0.3, 0.4) is 0 Å². The highest BCUT2D eigenvalue weighted by atomic mass is 32.2. The number of sulfone groups is 1. The molecule has 1 aromatic heterocycles. The van der Waals surface area contributed by atoms with Crippen molar-refractivity contribution in [2.45, 2.75) is 30.6 Å². The van der Waals surface area contributed by atoms with Gasteiger partial charge in [-0.2, -0.15) is 0 Å². The van der Waals surface area contributed by atoms with Crippen molar-refractivity contribution in [1.82, 2.24) is 4.98 Å². The average Bonchev–Trinajstić information content (AvgIpc) is 2.79. The van der Waals surface area contributed by atoms with E-state index in [2.05, 4.69) is 9.98 Å². The molecule has 0 spiro atoms. The van der Waals surface area contributed by atoms with Crippen LogP contribution >= 0.6 is 0 Å². The quantitative estimate of drug-likeness (QED) is 0.535. The molecule has 0 saturated carbocycles. The maximum Gasteiger partial charge on any atom is 0.185 e. The van der Waals surface area contributed by atoms with Gasteiger partial charge in [-0.1, -0.05) is 24.3 Å². The zero-order valence-electron chi connectivity index (χ0n) is 18.9. The van der Waals surface area contributed by atoms with Gasteiger partial charge in [-0.3, -0.25) is 14.8 Å². The maximum atomic E-state index is 15.0. The number of hydrogen-bond donors (Lipinski definition) is 1. The normalized spacial score (nSPS) is 23.5. The lowest BCUT2D eigenvalue weighted by molar-refractivity contribution is 0.0988. The molecule has 0 aliphatic carbocycles. The van der Waals surface area contributed by atoms with Gasteiger partial charge >= 0.3 is 0 Å². The highest BCUT2D eigenvalue weighted by Gasteiger charge is 2.54. The van der Waals surface area contributed by atoms with Crippen LogP contribution in [-0.4, -0.2) is 30.8 Å². The Morgan fingerprint density at radius 3 is 2.31 bits per heavy atom. The molecule has 2 heterocycles. The highest BCUT2D eigenvalue weighted by Crippen LogP contribution is 2.43. The highest BCUT2D eigenvalue weighted by molar-refractivity contribution is 7.93. The molecule has 182 valence electrons. The minimum atomic E-state index is -4.18. The van der Waals surface area contributed by atoms with E-state index in [1.54, 1.807) is 0 Å². The van der Waals surface area contributed by atoms with Crippen LogP contribution in [0, 0.1) is 17.5 Å². The number of pyridine rings is 1. The van der Waals surface area contributed by atoms with Crippen molar-refractivity contribution in [2.24, 2.45) is 10.7 Å². The molecule has 6 nitrogen and oxygen atoms in total. The van der Waals surface area contributed by atoms with Crippen molar-refractivity contribution >= 4 is 21.5 Å². The van der Waals surface area contributed by atoms with E-state index in [9.17, 15) is 26.4 Å². The Kier molecular flexibility index (Phi) is 6.04. The number of rotatable bonds is 5. The number of nitrogens with zero attached hydrogens (tertiary/aromatic N) is 2. The van der Waals surface area contributed by atoms with E-state index < -0.39 is 49.1 Å². The molecule has 1 aliphatic rings. The largest absolute Gasteiger partial charge is 0.386 e. The zero-order valence-corrected chi connectivity index (χ0v) is 19.7. The first-order chi connectivity index (χ1) is 16.4. The van der Waals surface area contributed by atoms with Crippen LogP contribution in [0.4, 0.5) is 13.2 Å². The van der Waals surface area contributed by atoms with Crippen LogP contribution in [0.5, 0.6) is 0 Å². The summed E-state index contributed by atoms with van der Waals surface area (Å²) in [4.78, 5) is 20.7. The summed E-state index contributed by atoms with van der Waals surface area (Å²) in [6.07, 6.45) is 0.738. The molecule has 0 saturated heterocycles. The van der Waals surface area contributed by atoms with E-state index in [1.807, 2.05) is 0 Å². The third-order valence-corrected chi connectivity index (χ3v) is 8.94. The van der Waals surface area contributed by atoms with Crippen molar-refractivity contribution in [3.8, 4) is 0 Å². The predicted octanol–water partition coefficient (Wildman–Crippen LogP) is 3.84. The minimum absolute atomic E-state index is 0.0339. The molecule has 0 fully saturated rings. The lowest BCUT2D eigenvalue weighted by atomic mass is 9.90. The van der Waals surface area contributed by atoms with Gasteiger partial charge in [-0.05, 0) is 49.7 Å². The van der Waals surface area contributed by atoms with Crippen molar-refractivity contribution in [1.29, 1.82) is 0 Å². The van der Waals surface area contributed by atoms with E-state index >= 15 is 0 Å². The summed E-state index contributed by atoms with van der Waals surface area (Å²) in [6.45, 7) is 2.70. The SMILES string of the molecule is C[C@@]1(c2cc(CC(=O)c3ccc(F)cn3)ccc2F)CS(=O)(=O)[C@@](C)(c2ccccc2F)C(N)=N1. The molecule has 10 heteroatoms. The van der Waals surface area contributed by atoms with E-state index in [0.29, 0.717) is 5.56 Å². The van der Waals surface area contributed by atoms with E-state index in [-0.39, 0.29) is 29.1 Å². The Hall–Kier alpha value is -3.53. The summed E-state index contributed by atoms with van der Waals surface area (Å²) in [6, 6.07) is 11.6. The summed E-state index contributed by atoms with van der Waals surface area (Å²) >= 11 is 0. The van der Waals surface area contributed by atoms with Crippen LogP contribution in [0.15, 0.2) is 65.8 Å². The molecule has 0 unspecified atom stereocenters. The summed E-state index contributed by atoms with van der Waals surface area (Å²) in [5, 5.41) is 0. The van der Waals surface area contributed by atoms with Crippen LogP contribution in [0.2, 0.25) is 0 Å². The fraction of sp³-hybridized carbons (Fsp3) is 0.240. The van der Waals surface area contributed by atoms with Gasteiger partial charge < -0.3 is 5.73 Å². The van der Waals surface area contributed by atoms with E-state index in [0.717, 1.165) is 24.4 Å². The fourth-order valence-corrected chi connectivity index (χ4v) is 6.40. The first kappa shape index (κ1) is 24.6. The Labute approximate surface area is 200 Å². The Morgan fingerprint density at radius 2 is 1.69 bits per heavy atom. The molecular weight excluding hydrogens is 479 g/mol. The number of aliphatic imine (C=N–C) groups is 1. The second kappa shape index (κ2) is 8.60. The van der Waals surface area contributed by atoms with Crippen molar-refractivity contribution < 1.29 is 26.4 Å². The van der Waals surface area contributed by atoms with Crippen LogP contribution < -0.4 is 5.73 Å².